The summed E-state index contributed by atoms with van der Waals surface area (Å²) < 4.78 is 20.7. The second kappa shape index (κ2) is 5.41. The molecule has 0 saturated carbocycles. The first-order valence-corrected chi connectivity index (χ1v) is 11.9. The highest BCUT2D eigenvalue weighted by molar-refractivity contribution is 7.92. The molecular weight excluding hydrogens is 298 g/mol. The summed E-state index contributed by atoms with van der Waals surface area (Å²) in [6, 6.07) is 7.40. The van der Waals surface area contributed by atoms with Crippen LogP contribution in [-0.4, -0.2) is 29.8 Å². The number of anilines is 1. The molecule has 1 aromatic carbocycles. The Kier molecular flexibility index (Phi) is 4.25. The van der Waals surface area contributed by atoms with Crippen LogP contribution in [0.5, 0.6) is 0 Å². The molecule has 1 heterocycles. The maximum atomic E-state index is 13.7. The third-order valence-corrected chi connectivity index (χ3v) is 12.9. The van der Waals surface area contributed by atoms with E-state index in [1.54, 1.807) is 0 Å². The maximum absolute atomic E-state index is 13.7. The molecule has 0 bridgehead atoms. The molecule has 1 unspecified atom stereocenters. The smallest absolute Gasteiger partial charge is 0.195 e. The van der Waals surface area contributed by atoms with Gasteiger partial charge in [0.2, 0.25) is 0 Å². The van der Waals surface area contributed by atoms with Gasteiger partial charge in [-0.05, 0) is 42.8 Å². The predicted octanol–water partition coefficient (Wildman–Crippen LogP) is 3.72. The Hall–Kier alpha value is -0.853. The van der Waals surface area contributed by atoms with Crippen molar-refractivity contribution in [1.82, 2.24) is 4.31 Å². The topological polar surface area (TPSA) is 58.7 Å². The average Bonchev–Trinajstić information content (AvgIpc) is 2.23. The number of hydrogen-bond donors (Lipinski definition) is 1. The molecule has 1 atom stereocenters. The third kappa shape index (κ3) is 3.17. The minimum Gasteiger partial charge on any atom is -0.399 e. The first-order valence-electron chi connectivity index (χ1n) is 7.45. The van der Waals surface area contributed by atoms with Crippen molar-refractivity contribution in [3.8, 4) is 0 Å². The van der Waals surface area contributed by atoms with E-state index in [0.29, 0.717) is 5.69 Å². The molecular formula is C15H27N3OSSi. The normalized spacial score (nSPS) is 19.7. The van der Waals surface area contributed by atoms with Gasteiger partial charge in [-0.25, -0.2) is 8.51 Å². The lowest BCUT2D eigenvalue weighted by molar-refractivity contribution is 0.324. The van der Waals surface area contributed by atoms with Crippen LogP contribution >= 0.6 is 0 Å². The second-order valence-corrected chi connectivity index (χ2v) is 14.6. The Morgan fingerprint density at radius 2 is 1.90 bits per heavy atom. The molecule has 1 aromatic rings. The van der Waals surface area contributed by atoms with Gasteiger partial charge in [-0.2, -0.15) is 0 Å². The summed E-state index contributed by atoms with van der Waals surface area (Å²) in [5.41, 5.74) is 6.53. The summed E-state index contributed by atoms with van der Waals surface area (Å²) in [6.07, 6.45) is 1.09. The molecule has 0 amide bonds. The van der Waals surface area contributed by atoms with Gasteiger partial charge < -0.3 is 5.73 Å². The molecule has 6 heteroatoms. The number of rotatable bonds is 3. The van der Waals surface area contributed by atoms with Crippen LogP contribution in [0.2, 0.25) is 18.1 Å². The van der Waals surface area contributed by atoms with Crippen LogP contribution in [0.4, 0.5) is 5.69 Å². The molecule has 21 heavy (non-hydrogen) atoms. The van der Waals surface area contributed by atoms with Crippen LogP contribution in [0.3, 0.4) is 0 Å². The number of hydrogen-bond acceptors (Lipinski definition) is 3. The monoisotopic (exact) mass is 325 g/mol. The van der Waals surface area contributed by atoms with Gasteiger partial charge in [-0.1, -0.05) is 26.8 Å². The van der Waals surface area contributed by atoms with Crippen molar-refractivity contribution in [2.75, 3.05) is 18.8 Å². The Bertz CT molecular complexity index is 639. The number of nitrogens with zero attached hydrogens (tertiary/aromatic N) is 2. The lowest BCUT2D eigenvalue weighted by Crippen LogP contribution is -2.45. The third-order valence-electron chi connectivity index (χ3n) is 4.52. The van der Waals surface area contributed by atoms with E-state index in [9.17, 15) is 4.21 Å². The van der Waals surface area contributed by atoms with Crippen molar-refractivity contribution in [3.05, 3.63) is 24.3 Å². The van der Waals surface area contributed by atoms with E-state index >= 15 is 0 Å². The van der Waals surface area contributed by atoms with Crippen LogP contribution in [0, 0.1) is 0 Å². The number of benzene rings is 1. The summed E-state index contributed by atoms with van der Waals surface area (Å²) in [5, 5.41) is 0.0703. The zero-order valence-electron chi connectivity index (χ0n) is 13.7. The predicted molar refractivity (Wildman–Crippen MR) is 93.1 cm³/mol. The van der Waals surface area contributed by atoms with E-state index in [1.165, 1.54) is 0 Å². The second-order valence-electron chi connectivity index (χ2n) is 7.25. The first-order chi connectivity index (χ1) is 9.56. The summed E-state index contributed by atoms with van der Waals surface area (Å²) in [6.45, 7) is 12.7. The van der Waals surface area contributed by atoms with E-state index in [0.717, 1.165) is 24.4 Å². The number of nitrogen functional groups attached to an aromatic ring is 1. The van der Waals surface area contributed by atoms with Crippen LogP contribution in [0.25, 0.3) is 0 Å². The molecule has 1 saturated heterocycles. The van der Waals surface area contributed by atoms with E-state index in [4.69, 9.17) is 9.76 Å². The zero-order valence-corrected chi connectivity index (χ0v) is 15.5. The van der Waals surface area contributed by atoms with Crippen molar-refractivity contribution in [3.63, 3.8) is 0 Å². The summed E-state index contributed by atoms with van der Waals surface area (Å²) in [7, 11) is -4.55. The van der Waals surface area contributed by atoms with Gasteiger partial charge in [0, 0.05) is 18.8 Å². The average molecular weight is 326 g/mol. The lowest BCUT2D eigenvalue weighted by Gasteiger charge is -2.38. The van der Waals surface area contributed by atoms with E-state index < -0.39 is 18.2 Å². The molecule has 1 aliphatic heterocycles. The SMILES string of the molecule is CC(C)(C)[Si](C)(C)N=S(=O)(c1cccc(N)c1)N1CCC1. The van der Waals surface area contributed by atoms with Gasteiger partial charge in [-0.3, -0.25) is 4.03 Å². The molecule has 1 fully saturated rings. The van der Waals surface area contributed by atoms with Gasteiger partial charge in [-0.15, -0.1) is 0 Å². The fourth-order valence-corrected chi connectivity index (χ4v) is 7.97. The minimum absolute atomic E-state index is 0.0703. The highest BCUT2D eigenvalue weighted by Gasteiger charge is 2.39. The molecule has 0 radical (unpaired) electrons. The van der Waals surface area contributed by atoms with Gasteiger partial charge in [0.1, 0.15) is 9.92 Å². The van der Waals surface area contributed by atoms with Gasteiger partial charge in [0.25, 0.3) is 0 Å². The van der Waals surface area contributed by atoms with Crippen molar-refractivity contribution < 1.29 is 4.21 Å². The van der Waals surface area contributed by atoms with Crippen molar-refractivity contribution in [2.24, 2.45) is 4.03 Å². The van der Waals surface area contributed by atoms with E-state index in [1.807, 2.05) is 28.6 Å². The molecule has 0 aromatic heterocycles. The fraction of sp³-hybridized carbons (Fsp3) is 0.600. The highest BCUT2D eigenvalue weighted by Crippen LogP contribution is 2.39. The standard InChI is InChI=1S/C15H27N3OSSi/c1-15(2,3)21(4,5)17-20(19,18-10-7-11-18)14-9-6-8-13(16)12-14/h6,8-9,12H,7,10-11,16H2,1-5H3. The summed E-state index contributed by atoms with van der Waals surface area (Å²) in [4.78, 5) is 0.757. The molecule has 0 spiro atoms. The van der Waals surface area contributed by atoms with Gasteiger partial charge >= 0.3 is 0 Å². The zero-order chi connectivity index (χ0) is 15.9. The molecule has 0 aliphatic carbocycles. The molecule has 2 rings (SSSR count). The molecule has 118 valence electrons. The van der Waals surface area contributed by atoms with Crippen LogP contribution in [0.1, 0.15) is 27.2 Å². The Balaban J connectivity index is 2.61. The summed E-state index contributed by atoms with van der Waals surface area (Å²) in [5.74, 6) is 0. The van der Waals surface area contributed by atoms with Gasteiger partial charge in [0.05, 0.1) is 4.90 Å². The number of nitrogens with two attached hydrogens (primary N) is 1. The van der Waals surface area contributed by atoms with Crippen molar-refractivity contribution in [2.45, 2.75) is 50.2 Å². The lowest BCUT2D eigenvalue weighted by atomic mass is 10.2. The largest absolute Gasteiger partial charge is 0.399 e. The molecule has 1 aliphatic rings. The van der Waals surface area contributed by atoms with Crippen LogP contribution < -0.4 is 5.73 Å². The maximum Gasteiger partial charge on any atom is 0.195 e. The highest BCUT2D eigenvalue weighted by atomic mass is 32.2. The van der Waals surface area contributed by atoms with Crippen LogP contribution in [-0.2, 0) is 9.92 Å². The van der Waals surface area contributed by atoms with Crippen molar-refractivity contribution >= 4 is 23.8 Å². The Morgan fingerprint density at radius 1 is 1.29 bits per heavy atom. The quantitative estimate of drug-likeness (QED) is 0.680. The minimum atomic E-state index is -2.53. The fourth-order valence-electron chi connectivity index (χ4n) is 1.92. The molecule has 4 nitrogen and oxygen atoms in total. The Labute approximate surface area is 130 Å². The summed E-state index contributed by atoms with van der Waals surface area (Å²) >= 11 is 0. The van der Waals surface area contributed by atoms with Crippen molar-refractivity contribution in [1.29, 1.82) is 0 Å². The van der Waals surface area contributed by atoms with Gasteiger partial charge in [0.15, 0.2) is 8.24 Å². The molecule has 2 N–H and O–H groups in total. The van der Waals surface area contributed by atoms with E-state index in [-0.39, 0.29) is 5.04 Å². The van der Waals surface area contributed by atoms with E-state index in [2.05, 4.69) is 33.9 Å². The Morgan fingerprint density at radius 3 is 2.33 bits per heavy atom. The first kappa shape index (κ1) is 16.5. The van der Waals surface area contributed by atoms with Crippen LogP contribution in [0.15, 0.2) is 33.2 Å².